The topological polar surface area (TPSA) is 47.6 Å². The first-order valence-electron chi connectivity index (χ1n) is 4.83. The smallest absolute Gasteiger partial charge is 0.147 e. The zero-order valence-corrected chi connectivity index (χ0v) is 8.96. The van der Waals surface area contributed by atoms with Crippen molar-refractivity contribution in [3.05, 3.63) is 29.6 Å². The van der Waals surface area contributed by atoms with Crippen LogP contribution < -0.4 is 5.73 Å². The molecule has 0 atom stereocenters. The van der Waals surface area contributed by atoms with Crippen molar-refractivity contribution in [1.29, 1.82) is 0 Å². The van der Waals surface area contributed by atoms with Gasteiger partial charge in [0.25, 0.3) is 0 Å². The Morgan fingerprint density at radius 2 is 2.27 bits per heavy atom. The first kappa shape index (κ1) is 11.5. The lowest BCUT2D eigenvalue weighted by atomic mass is 10.2. The van der Waals surface area contributed by atoms with E-state index in [1.807, 2.05) is 13.8 Å². The lowest BCUT2D eigenvalue weighted by Gasteiger charge is -2.05. The van der Waals surface area contributed by atoms with Gasteiger partial charge in [0, 0.05) is 5.69 Å². The van der Waals surface area contributed by atoms with Crippen LogP contribution in [0.25, 0.3) is 0 Å². The molecule has 0 saturated carbocycles. The third kappa shape index (κ3) is 3.23. The van der Waals surface area contributed by atoms with E-state index in [4.69, 9.17) is 10.6 Å². The molecule has 1 aromatic rings. The number of hydrogen-bond acceptors (Lipinski definition) is 3. The largest absolute Gasteiger partial charge is 0.398 e. The van der Waals surface area contributed by atoms with Gasteiger partial charge in [0.05, 0.1) is 11.3 Å². The standard InChI is InChI=1S/C11H15FN2O/c1-3-8(2)14-15-7-9-10(12)5-4-6-11(9)13/h4-6H,3,7,13H2,1-2H3. The van der Waals surface area contributed by atoms with E-state index in [1.54, 1.807) is 12.1 Å². The second kappa shape index (κ2) is 5.34. The van der Waals surface area contributed by atoms with E-state index in [0.717, 1.165) is 12.1 Å². The van der Waals surface area contributed by atoms with Gasteiger partial charge in [-0.05, 0) is 25.5 Å². The number of benzene rings is 1. The van der Waals surface area contributed by atoms with E-state index in [1.165, 1.54) is 6.07 Å². The highest BCUT2D eigenvalue weighted by Crippen LogP contribution is 2.16. The van der Waals surface area contributed by atoms with E-state index < -0.39 is 0 Å². The number of oxime groups is 1. The Bertz CT molecular complexity index is 343. The molecule has 1 rings (SSSR count). The predicted molar refractivity (Wildman–Crippen MR) is 59.0 cm³/mol. The Hall–Kier alpha value is -1.58. The van der Waals surface area contributed by atoms with Crippen molar-refractivity contribution < 1.29 is 9.23 Å². The molecule has 0 bridgehead atoms. The number of anilines is 1. The van der Waals surface area contributed by atoms with Crippen molar-refractivity contribution in [1.82, 2.24) is 0 Å². The van der Waals surface area contributed by atoms with Crippen LogP contribution in [0.15, 0.2) is 23.4 Å². The van der Waals surface area contributed by atoms with Gasteiger partial charge in [-0.2, -0.15) is 0 Å². The van der Waals surface area contributed by atoms with Crippen molar-refractivity contribution in [2.45, 2.75) is 26.9 Å². The molecule has 0 unspecified atom stereocenters. The maximum Gasteiger partial charge on any atom is 0.147 e. The summed E-state index contributed by atoms with van der Waals surface area (Å²) >= 11 is 0. The van der Waals surface area contributed by atoms with Gasteiger partial charge in [0.15, 0.2) is 0 Å². The van der Waals surface area contributed by atoms with Gasteiger partial charge in [-0.3, -0.25) is 0 Å². The molecular formula is C11H15FN2O. The van der Waals surface area contributed by atoms with Gasteiger partial charge in [-0.15, -0.1) is 0 Å². The molecule has 2 N–H and O–H groups in total. The van der Waals surface area contributed by atoms with Crippen molar-refractivity contribution in [2.24, 2.45) is 5.16 Å². The van der Waals surface area contributed by atoms with Gasteiger partial charge in [0.1, 0.15) is 12.4 Å². The Balaban J connectivity index is 2.65. The summed E-state index contributed by atoms with van der Waals surface area (Å²) in [5, 5.41) is 3.81. The molecule has 0 heterocycles. The number of nitrogen functional groups attached to an aromatic ring is 1. The highest BCUT2D eigenvalue weighted by Gasteiger charge is 2.05. The molecule has 0 aliphatic heterocycles. The summed E-state index contributed by atoms with van der Waals surface area (Å²) in [6, 6.07) is 4.55. The summed E-state index contributed by atoms with van der Waals surface area (Å²) in [5.74, 6) is -0.362. The minimum atomic E-state index is -0.362. The van der Waals surface area contributed by atoms with E-state index in [0.29, 0.717) is 11.3 Å². The first-order valence-corrected chi connectivity index (χ1v) is 4.83. The molecule has 0 aliphatic rings. The maximum absolute atomic E-state index is 13.2. The van der Waals surface area contributed by atoms with Crippen LogP contribution in [0.2, 0.25) is 0 Å². The molecule has 4 heteroatoms. The van der Waals surface area contributed by atoms with Crippen LogP contribution in [-0.2, 0) is 11.4 Å². The van der Waals surface area contributed by atoms with Crippen LogP contribution in [0.3, 0.4) is 0 Å². The quantitative estimate of drug-likeness (QED) is 0.472. The normalized spacial score (nSPS) is 11.5. The summed E-state index contributed by atoms with van der Waals surface area (Å²) in [6.07, 6.45) is 0.812. The van der Waals surface area contributed by atoms with Crippen molar-refractivity contribution in [3.8, 4) is 0 Å². The first-order chi connectivity index (χ1) is 7.15. The third-order valence-corrected chi connectivity index (χ3v) is 2.10. The number of nitrogens with zero attached hydrogens (tertiary/aromatic N) is 1. The molecule has 3 nitrogen and oxygen atoms in total. The molecule has 0 spiro atoms. The summed E-state index contributed by atoms with van der Waals surface area (Å²) in [5.41, 5.74) is 7.21. The molecule has 0 radical (unpaired) electrons. The zero-order valence-electron chi connectivity index (χ0n) is 8.96. The molecular weight excluding hydrogens is 195 g/mol. The molecule has 0 amide bonds. The minimum Gasteiger partial charge on any atom is -0.398 e. The molecule has 1 aromatic carbocycles. The Morgan fingerprint density at radius 3 is 2.87 bits per heavy atom. The zero-order chi connectivity index (χ0) is 11.3. The number of nitrogens with two attached hydrogens (primary N) is 1. The van der Waals surface area contributed by atoms with E-state index >= 15 is 0 Å². The summed E-state index contributed by atoms with van der Waals surface area (Å²) in [6.45, 7) is 3.89. The Labute approximate surface area is 88.7 Å². The van der Waals surface area contributed by atoms with Crippen LogP contribution in [-0.4, -0.2) is 5.71 Å². The summed E-state index contributed by atoms with van der Waals surface area (Å²) < 4.78 is 13.2. The number of rotatable bonds is 4. The minimum absolute atomic E-state index is 0.0653. The van der Waals surface area contributed by atoms with Crippen LogP contribution in [0, 0.1) is 5.82 Å². The lowest BCUT2D eigenvalue weighted by molar-refractivity contribution is 0.127. The fraction of sp³-hybridized carbons (Fsp3) is 0.364. The average molecular weight is 210 g/mol. The van der Waals surface area contributed by atoms with Crippen molar-refractivity contribution >= 4 is 11.4 Å². The number of hydrogen-bond donors (Lipinski definition) is 1. The third-order valence-electron chi connectivity index (χ3n) is 2.10. The molecule has 0 aromatic heterocycles. The van der Waals surface area contributed by atoms with Crippen molar-refractivity contribution in [3.63, 3.8) is 0 Å². The lowest BCUT2D eigenvalue weighted by Crippen LogP contribution is -2.00. The highest BCUT2D eigenvalue weighted by molar-refractivity contribution is 5.80. The van der Waals surface area contributed by atoms with E-state index in [9.17, 15) is 4.39 Å². The van der Waals surface area contributed by atoms with Gasteiger partial charge in [0.2, 0.25) is 0 Å². The second-order valence-electron chi connectivity index (χ2n) is 3.26. The molecule has 0 saturated heterocycles. The van der Waals surface area contributed by atoms with Gasteiger partial charge in [-0.25, -0.2) is 4.39 Å². The van der Waals surface area contributed by atoms with Crippen LogP contribution in [0.4, 0.5) is 10.1 Å². The SMILES string of the molecule is CCC(C)=NOCc1c(N)cccc1F. The van der Waals surface area contributed by atoms with Crippen LogP contribution >= 0.6 is 0 Å². The monoisotopic (exact) mass is 210 g/mol. The fourth-order valence-corrected chi connectivity index (χ4v) is 0.999. The predicted octanol–water partition coefficient (Wildman–Crippen LogP) is 2.71. The average Bonchev–Trinajstić information content (AvgIpc) is 2.22. The van der Waals surface area contributed by atoms with Crippen LogP contribution in [0.5, 0.6) is 0 Å². The molecule has 0 fully saturated rings. The Kier molecular flexibility index (Phi) is 4.09. The fourth-order valence-electron chi connectivity index (χ4n) is 0.999. The molecule has 0 aliphatic carbocycles. The second-order valence-corrected chi connectivity index (χ2v) is 3.26. The molecule has 82 valence electrons. The van der Waals surface area contributed by atoms with Crippen LogP contribution in [0.1, 0.15) is 25.8 Å². The Morgan fingerprint density at radius 1 is 1.53 bits per heavy atom. The summed E-state index contributed by atoms with van der Waals surface area (Å²) in [7, 11) is 0. The molecule has 15 heavy (non-hydrogen) atoms. The summed E-state index contributed by atoms with van der Waals surface area (Å²) in [4.78, 5) is 5.00. The van der Waals surface area contributed by atoms with E-state index in [-0.39, 0.29) is 12.4 Å². The van der Waals surface area contributed by atoms with Gasteiger partial charge >= 0.3 is 0 Å². The van der Waals surface area contributed by atoms with Crippen molar-refractivity contribution in [2.75, 3.05) is 5.73 Å². The van der Waals surface area contributed by atoms with Gasteiger partial charge < -0.3 is 10.6 Å². The maximum atomic E-state index is 13.2. The number of halogens is 1. The highest BCUT2D eigenvalue weighted by atomic mass is 19.1. The van der Waals surface area contributed by atoms with Gasteiger partial charge in [-0.1, -0.05) is 18.1 Å². The van der Waals surface area contributed by atoms with E-state index in [2.05, 4.69) is 5.16 Å².